The highest BCUT2D eigenvalue weighted by atomic mass is 127. The summed E-state index contributed by atoms with van der Waals surface area (Å²) in [4.78, 5) is 0.607. The minimum Gasteiger partial charge on any atom is -0.480 e. The summed E-state index contributed by atoms with van der Waals surface area (Å²) in [6, 6.07) is 36.5. The molecule has 0 radical (unpaired) electrons. The monoisotopic (exact) mass is 578 g/mol. The molecule has 3 nitrogen and oxygen atoms in total. The second-order valence-electron chi connectivity index (χ2n) is 8.28. The molecule has 1 atom stereocenters. The SMILES string of the molecule is O=S(=O)(C1=C(c2ccc(-c3ccccc3)cc2)OC(CI)(c2ccccc2)C1)c1ccccc1. The Morgan fingerprint density at radius 1 is 0.676 bits per heavy atom. The van der Waals surface area contributed by atoms with E-state index < -0.39 is 15.4 Å². The predicted molar refractivity (Wildman–Crippen MR) is 145 cm³/mol. The van der Waals surface area contributed by atoms with Crippen molar-refractivity contribution in [2.75, 3.05) is 4.43 Å². The Bertz CT molecular complexity index is 1420. The quantitative estimate of drug-likeness (QED) is 0.179. The Balaban J connectivity index is 1.63. The molecule has 0 spiro atoms. The van der Waals surface area contributed by atoms with E-state index in [-0.39, 0.29) is 11.3 Å². The molecular formula is C29H23IO3S. The molecule has 0 fully saturated rings. The molecule has 0 saturated carbocycles. The van der Waals surface area contributed by atoms with Crippen molar-refractivity contribution in [3.8, 4) is 11.1 Å². The van der Waals surface area contributed by atoms with Crippen molar-refractivity contribution in [1.82, 2.24) is 0 Å². The highest BCUT2D eigenvalue weighted by molar-refractivity contribution is 14.1. The van der Waals surface area contributed by atoms with Gasteiger partial charge in [-0.2, -0.15) is 0 Å². The van der Waals surface area contributed by atoms with E-state index >= 15 is 0 Å². The summed E-state index contributed by atoms with van der Waals surface area (Å²) in [5.74, 6) is 0.434. The average molecular weight is 578 g/mol. The van der Waals surface area contributed by atoms with Crippen molar-refractivity contribution in [3.63, 3.8) is 0 Å². The van der Waals surface area contributed by atoms with Crippen LogP contribution < -0.4 is 0 Å². The summed E-state index contributed by atoms with van der Waals surface area (Å²) in [6.45, 7) is 0. The van der Waals surface area contributed by atoms with Crippen LogP contribution in [-0.4, -0.2) is 12.8 Å². The van der Waals surface area contributed by atoms with E-state index in [1.165, 1.54) is 0 Å². The van der Waals surface area contributed by atoms with Gasteiger partial charge in [-0.1, -0.05) is 126 Å². The zero-order valence-corrected chi connectivity index (χ0v) is 21.4. The Morgan fingerprint density at radius 2 is 1.18 bits per heavy atom. The summed E-state index contributed by atoms with van der Waals surface area (Å²) in [5, 5.41) is 0. The van der Waals surface area contributed by atoms with E-state index in [1.54, 1.807) is 24.3 Å². The van der Waals surface area contributed by atoms with Gasteiger partial charge in [0.2, 0.25) is 9.84 Å². The van der Waals surface area contributed by atoms with Crippen molar-refractivity contribution < 1.29 is 13.2 Å². The lowest BCUT2D eigenvalue weighted by molar-refractivity contribution is 0.0860. The van der Waals surface area contributed by atoms with E-state index in [1.807, 2.05) is 78.9 Å². The maximum atomic E-state index is 13.8. The summed E-state index contributed by atoms with van der Waals surface area (Å²) in [7, 11) is -3.74. The third-order valence-electron chi connectivity index (χ3n) is 6.14. The van der Waals surface area contributed by atoms with Gasteiger partial charge in [0, 0.05) is 16.4 Å². The van der Waals surface area contributed by atoms with Gasteiger partial charge in [-0.05, 0) is 28.8 Å². The number of benzene rings is 4. The number of ether oxygens (including phenoxy) is 1. The van der Waals surface area contributed by atoms with Gasteiger partial charge < -0.3 is 4.74 Å². The fourth-order valence-corrected chi connectivity index (χ4v) is 6.80. The standard InChI is InChI=1S/C29H23IO3S/c30-21-29(25-12-6-2-7-13-25)20-27(34(31,32)26-14-8-3-9-15-26)28(33-29)24-18-16-23(17-19-24)22-10-4-1-5-11-22/h1-19H,20-21H2. The number of sulfone groups is 1. The van der Waals surface area contributed by atoms with Crippen LogP contribution in [-0.2, 0) is 20.2 Å². The van der Waals surface area contributed by atoms with Crippen LogP contribution in [0.15, 0.2) is 125 Å². The van der Waals surface area contributed by atoms with Gasteiger partial charge in [-0.15, -0.1) is 0 Å². The third-order valence-corrected chi connectivity index (χ3v) is 9.25. The van der Waals surface area contributed by atoms with Gasteiger partial charge >= 0.3 is 0 Å². The van der Waals surface area contributed by atoms with E-state index in [9.17, 15) is 8.42 Å². The van der Waals surface area contributed by atoms with Gasteiger partial charge in [0.15, 0.2) is 0 Å². The lowest BCUT2D eigenvalue weighted by Crippen LogP contribution is -2.28. The minimum absolute atomic E-state index is 0.282. The zero-order valence-electron chi connectivity index (χ0n) is 18.4. The summed E-state index contributed by atoms with van der Waals surface area (Å²) < 4.78 is 34.9. The molecule has 5 heteroatoms. The highest BCUT2D eigenvalue weighted by Crippen LogP contribution is 2.49. The van der Waals surface area contributed by atoms with Gasteiger partial charge in [-0.3, -0.25) is 0 Å². The maximum absolute atomic E-state index is 13.8. The van der Waals surface area contributed by atoms with Crippen LogP contribution in [0.2, 0.25) is 0 Å². The van der Waals surface area contributed by atoms with Gasteiger partial charge in [0.1, 0.15) is 11.4 Å². The van der Waals surface area contributed by atoms with E-state index in [0.717, 1.165) is 22.3 Å². The second-order valence-corrected chi connectivity index (χ2v) is 11.0. The molecule has 0 aromatic heterocycles. The number of hydrogen-bond donors (Lipinski definition) is 0. The first-order valence-electron chi connectivity index (χ1n) is 11.0. The first kappa shape index (κ1) is 22.9. The van der Waals surface area contributed by atoms with Crippen molar-refractivity contribution >= 4 is 38.2 Å². The molecule has 170 valence electrons. The molecule has 5 rings (SSSR count). The summed E-state index contributed by atoms with van der Waals surface area (Å²) in [5.41, 5.74) is 3.17. The lowest BCUT2D eigenvalue weighted by atomic mass is 9.93. The summed E-state index contributed by atoms with van der Waals surface area (Å²) in [6.07, 6.45) is 0.285. The topological polar surface area (TPSA) is 43.4 Å². The fraction of sp³-hybridized carbons (Fsp3) is 0.103. The third kappa shape index (κ3) is 4.18. The molecule has 4 aromatic carbocycles. The van der Waals surface area contributed by atoms with Gasteiger partial charge in [-0.25, -0.2) is 8.42 Å². The molecule has 4 aromatic rings. The van der Waals surface area contributed by atoms with Crippen LogP contribution in [0.4, 0.5) is 0 Å². The minimum atomic E-state index is -3.74. The van der Waals surface area contributed by atoms with Gasteiger partial charge in [0.25, 0.3) is 0 Å². The number of alkyl halides is 1. The molecule has 0 saturated heterocycles. The normalized spacial score (nSPS) is 18.0. The smallest absolute Gasteiger partial charge is 0.206 e. The predicted octanol–water partition coefficient (Wildman–Crippen LogP) is 7.25. The molecule has 0 N–H and O–H groups in total. The van der Waals surface area contributed by atoms with E-state index in [0.29, 0.717) is 15.1 Å². The molecule has 1 heterocycles. The average Bonchev–Trinajstić information content (AvgIpc) is 3.33. The number of rotatable bonds is 6. The van der Waals surface area contributed by atoms with Crippen LogP contribution in [0, 0.1) is 0 Å². The Morgan fingerprint density at radius 3 is 1.76 bits per heavy atom. The molecule has 1 unspecified atom stereocenters. The van der Waals surface area contributed by atoms with Crippen molar-refractivity contribution in [2.24, 2.45) is 0 Å². The Labute approximate surface area is 214 Å². The lowest BCUT2D eigenvalue weighted by Gasteiger charge is -2.28. The molecule has 0 bridgehead atoms. The molecule has 1 aliphatic rings. The van der Waals surface area contributed by atoms with E-state index in [4.69, 9.17) is 4.74 Å². The van der Waals surface area contributed by atoms with Crippen LogP contribution in [0.3, 0.4) is 0 Å². The van der Waals surface area contributed by atoms with Gasteiger partial charge in [0.05, 0.1) is 9.80 Å². The maximum Gasteiger partial charge on any atom is 0.206 e. The number of hydrogen-bond acceptors (Lipinski definition) is 3. The Hall–Kier alpha value is -2.90. The van der Waals surface area contributed by atoms with E-state index in [2.05, 4.69) is 34.7 Å². The van der Waals surface area contributed by atoms with Crippen LogP contribution in [0.5, 0.6) is 0 Å². The van der Waals surface area contributed by atoms with Crippen LogP contribution >= 0.6 is 22.6 Å². The highest BCUT2D eigenvalue weighted by Gasteiger charge is 2.46. The van der Waals surface area contributed by atoms with Crippen molar-refractivity contribution in [2.45, 2.75) is 16.9 Å². The van der Waals surface area contributed by atoms with Crippen LogP contribution in [0.25, 0.3) is 16.9 Å². The molecule has 1 aliphatic heterocycles. The van der Waals surface area contributed by atoms with Crippen molar-refractivity contribution in [1.29, 1.82) is 0 Å². The first-order chi connectivity index (χ1) is 16.5. The fourth-order valence-electron chi connectivity index (χ4n) is 4.31. The number of halogens is 1. The molecule has 0 amide bonds. The van der Waals surface area contributed by atoms with Crippen molar-refractivity contribution in [3.05, 3.63) is 131 Å². The second kappa shape index (κ2) is 9.39. The Kier molecular flexibility index (Phi) is 6.32. The van der Waals surface area contributed by atoms with Crippen LogP contribution in [0.1, 0.15) is 17.5 Å². The summed E-state index contributed by atoms with van der Waals surface area (Å²) >= 11 is 2.29. The molecule has 0 aliphatic carbocycles. The molecular weight excluding hydrogens is 555 g/mol. The molecule has 34 heavy (non-hydrogen) atoms. The zero-order chi connectivity index (χ0) is 23.6. The largest absolute Gasteiger partial charge is 0.480 e. The first-order valence-corrected chi connectivity index (χ1v) is 14.0.